The molecule has 9 nitrogen and oxygen atoms in total. The summed E-state index contributed by atoms with van der Waals surface area (Å²) >= 11 is 0. The van der Waals surface area contributed by atoms with Crippen LogP contribution in [0.2, 0.25) is 0 Å². The third-order valence-corrected chi connectivity index (χ3v) is 1.31. The van der Waals surface area contributed by atoms with Gasteiger partial charge in [-0.3, -0.25) is 9.36 Å². The molecule has 1 rings (SSSR count). The number of phosphoric acid groups is 1. The van der Waals surface area contributed by atoms with Gasteiger partial charge in [-0.15, -0.1) is 0 Å². The quantitative estimate of drug-likeness (QED) is 0.269. The summed E-state index contributed by atoms with van der Waals surface area (Å²) in [5, 5.41) is 8.42. The Bertz CT molecular complexity index is 358. The van der Waals surface area contributed by atoms with Gasteiger partial charge in [-0.2, -0.15) is 0 Å². The number of nitrogens with two attached hydrogens (primary N) is 1. The number of hydrogen-bond acceptors (Lipinski definition) is 5. The number of H-pyrrole nitrogens is 1. The van der Waals surface area contributed by atoms with Crippen molar-refractivity contribution in [2.75, 3.05) is 0 Å². The zero-order valence-electron chi connectivity index (χ0n) is 8.98. The summed E-state index contributed by atoms with van der Waals surface area (Å²) in [6.07, 6.45) is 3.34. The van der Waals surface area contributed by atoms with Crippen LogP contribution in [0.3, 0.4) is 0 Å². The minimum Gasteiger partial charge on any atom is -0.756 e. The van der Waals surface area contributed by atoms with Crippen LogP contribution < -0.4 is 40.2 Å². The number of aliphatic carboxylic acids is 1. The van der Waals surface area contributed by atoms with Gasteiger partial charge in [-0.25, -0.2) is 4.98 Å². The average Bonchev–Trinajstić information content (AvgIpc) is 2.53. The molecule has 0 radical (unpaired) electrons. The molecular weight excluding hydrogens is 264 g/mol. The van der Waals surface area contributed by atoms with Crippen molar-refractivity contribution in [2.45, 2.75) is 12.5 Å². The molecule has 1 aromatic rings. The smallest absolute Gasteiger partial charge is 0.756 e. The Hall–Kier alpha value is -0.250. The van der Waals surface area contributed by atoms with Crippen molar-refractivity contribution >= 4 is 13.8 Å². The molecule has 1 aromatic heterocycles. The first-order valence-corrected chi connectivity index (χ1v) is 5.45. The maximum atomic E-state index is 10.3. The van der Waals surface area contributed by atoms with Gasteiger partial charge in [-0.05, 0) is 0 Å². The Morgan fingerprint density at radius 2 is 2.12 bits per heavy atom. The number of carboxylic acid groups (broad SMARTS) is 1. The van der Waals surface area contributed by atoms with E-state index in [0.29, 0.717) is 0 Å². The second kappa shape index (κ2) is 8.78. The molecular formula is C6H11N3NaO6P. The Morgan fingerprint density at radius 1 is 1.65 bits per heavy atom. The second-order valence-electron chi connectivity index (χ2n) is 2.72. The number of carbonyl (C=O) groups is 1. The first kappa shape index (κ1) is 19.1. The molecule has 17 heavy (non-hydrogen) atoms. The number of aromatic amines is 1. The van der Waals surface area contributed by atoms with Crippen molar-refractivity contribution in [2.24, 2.45) is 5.73 Å². The number of nitrogens with one attached hydrogen (secondary N) is 1. The maximum Gasteiger partial charge on any atom is 1.00 e. The van der Waals surface area contributed by atoms with Crippen LogP contribution in [0.5, 0.6) is 0 Å². The molecule has 1 atom stereocenters. The van der Waals surface area contributed by atoms with E-state index in [1.165, 1.54) is 6.33 Å². The molecule has 92 valence electrons. The Balaban J connectivity index is 0. The van der Waals surface area contributed by atoms with Gasteiger partial charge in [0.15, 0.2) is 0 Å². The molecule has 0 aromatic carbocycles. The predicted molar refractivity (Wildman–Crippen MR) is 49.9 cm³/mol. The molecule has 1 unspecified atom stereocenters. The van der Waals surface area contributed by atoms with E-state index in [-0.39, 0.29) is 36.0 Å². The van der Waals surface area contributed by atoms with Crippen molar-refractivity contribution < 1.29 is 58.7 Å². The van der Waals surface area contributed by atoms with Gasteiger partial charge in [0.05, 0.1) is 6.33 Å². The van der Waals surface area contributed by atoms with E-state index in [9.17, 15) is 4.79 Å². The largest absolute Gasteiger partial charge is 1.00 e. The molecule has 0 aliphatic rings. The molecule has 0 saturated carbocycles. The van der Waals surface area contributed by atoms with Gasteiger partial charge in [-0.1, -0.05) is 0 Å². The molecule has 0 saturated heterocycles. The molecule has 1 heterocycles. The van der Waals surface area contributed by atoms with Gasteiger partial charge in [0.1, 0.15) is 6.04 Å². The van der Waals surface area contributed by atoms with E-state index in [0.717, 1.165) is 5.69 Å². The second-order valence-corrected chi connectivity index (χ2v) is 3.70. The Labute approximate surface area is 119 Å². The molecule has 0 bridgehead atoms. The molecule has 6 N–H and O–H groups in total. The Kier molecular flexibility index (Phi) is 9.87. The van der Waals surface area contributed by atoms with Gasteiger partial charge in [0, 0.05) is 18.3 Å². The van der Waals surface area contributed by atoms with E-state index in [4.69, 9.17) is 30.1 Å². The normalized spacial score (nSPS) is 11.8. The van der Waals surface area contributed by atoms with E-state index in [1.807, 2.05) is 0 Å². The van der Waals surface area contributed by atoms with Gasteiger partial charge >= 0.3 is 35.5 Å². The average molecular weight is 275 g/mol. The van der Waals surface area contributed by atoms with Crippen LogP contribution in [0.15, 0.2) is 12.5 Å². The molecule has 0 aliphatic carbocycles. The van der Waals surface area contributed by atoms with Crippen LogP contribution in [0.4, 0.5) is 0 Å². The first-order valence-electron chi connectivity index (χ1n) is 3.92. The van der Waals surface area contributed by atoms with E-state index < -0.39 is 19.8 Å². The van der Waals surface area contributed by atoms with Crippen LogP contribution in [0.1, 0.15) is 5.69 Å². The minimum atomic E-state index is -4.89. The van der Waals surface area contributed by atoms with Crippen LogP contribution in [-0.4, -0.2) is 36.9 Å². The van der Waals surface area contributed by atoms with Crippen molar-refractivity contribution in [3.8, 4) is 0 Å². The summed E-state index contributed by atoms with van der Waals surface area (Å²) in [6, 6.07) is -0.851. The first-order chi connectivity index (χ1) is 7.20. The Morgan fingerprint density at radius 3 is 2.41 bits per heavy atom. The number of carboxylic acids is 1. The zero-order chi connectivity index (χ0) is 12.8. The number of rotatable bonds is 3. The van der Waals surface area contributed by atoms with E-state index in [2.05, 4.69) is 9.97 Å². The van der Waals surface area contributed by atoms with Crippen LogP contribution in [0.25, 0.3) is 0 Å². The fraction of sp³-hybridized carbons (Fsp3) is 0.333. The number of aromatic nitrogens is 2. The van der Waals surface area contributed by atoms with Crippen molar-refractivity contribution in [3.63, 3.8) is 0 Å². The van der Waals surface area contributed by atoms with Gasteiger partial charge in [0.25, 0.3) is 7.82 Å². The number of hydrogen-bond donors (Lipinski definition) is 5. The summed E-state index contributed by atoms with van der Waals surface area (Å²) in [5.41, 5.74) is 6.00. The molecule has 0 spiro atoms. The third kappa shape index (κ3) is 13.7. The number of nitrogens with zero attached hydrogens (tertiary/aromatic N) is 1. The monoisotopic (exact) mass is 275 g/mol. The fourth-order valence-corrected chi connectivity index (χ4v) is 0.721. The van der Waals surface area contributed by atoms with Crippen molar-refractivity contribution in [1.29, 1.82) is 0 Å². The van der Waals surface area contributed by atoms with Gasteiger partial charge in [0.2, 0.25) is 0 Å². The number of imidazole rings is 1. The van der Waals surface area contributed by atoms with Crippen LogP contribution in [-0.2, 0) is 15.8 Å². The fourth-order valence-electron chi connectivity index (χ4n) is 0.721. The topological polar surface area (TPSA) is 173 Å². The summed E-state index contributed by atoms with van der Waals surface area (Å²) in [6.45, 7) is 0. The van der Waals surface area contributed by atoms with E-state index >= 15 is 0 Å². The summed E-state index contributed by atoms with van der Waals surface area (Å²) in [5.74, 6) is -1.00. The molecule has 0 fully saturated rings. The molecule has 11 heteroatoms. The predicted octanol–water partition coefficient (Wildman–Crippen LogP) is -5.19. The van der Waals surface area contributed by atoms with E-state index in [1.54, 1.807) is 6.20 Å². The van der Waals surface area contributed by atoms with Crippen molar-refractivity contribution in [3.05, 3.63) is 18.2 Å². The zero-order valence-corrected chi connectivity index (χ0v) is 11.9. The standard InChI is InChI=1S/C6H9N3O2.Na.H3O4P/c7-5(6(10)11)1-4-2-8-3-9-4;;1-5(2,3)4/h2-3,5H,1,7H2,(H,8,9)(H,10,11);;(H3,1,2,3,4)/q;+1;/p-1. The van der Waals surface area contributed by atoms with Crippen LogP contribution in [0, 0.1) is 0 Å². The SMILES string of the molecule is NC(Cc1cnc[nH]1)C(=O)O.O=P([O-])(O)O.[Na+]. The summed E-state index contributed by atoms with van der Waals surface area (Å²) in [7, 11) is -4.89. The maximum absolute atomic E-state index is 10.3. The summed E-state index contributed by atoms with van der Waals surface area (Å²) in [4.78, 5) is 39.7. The third-order valence-electron chi connectivity index (χ3n) is 1.31. The minimum absolute atomic E-state index is 0. The van der Waals surface area contributed by atoms with Crippen LogP contribution >= 0.6 is 7.82 Å². The molecule has 0 amide bonds. The summed E-state index contributed by atoms with van der Waals surface area (Å²) < 4.78 is 8.77. The van der Waals surface area contributed by atoms with Crippen molar-refractivity contribution in [1.82, 2.24) is 9.97 Å². The molecule has 0 aliphatic heterocycles. The van der Waals surface area contributed by atoms with Gasteiger partial charge < -0.3 is 30.5 Å².